The zero-order valence-electron chi connectivity index (χ0n) is 9.21. The Bertz CT molecular complexity index is 225. The molecule has 0 aliphatic rings. The van der Waals surface area contributed by atoms with E-state index in [4.69, 9.17) is 0 Å². The van der Waals surface area contributed by atoms with E-state index in [1.807, 2.05) is 20.9 Å². The standard InChI is InChI=1S/C8H21N3O2S/c1-4-11(5-2)14(12,13)10-8-6-7-9-3/h9-10H,4-8H2,1-3H3. The van der Waals surface area contributed by atoms with Crippen molar-refractivity contribution in [1.82, 2.24) is 14.3 Å². The van der Waals surface area contributed by atoms with E-state index in [0.717, 1.165) is 13.0 Å². The highest BCUT2D eigenvalue weighted by Crippen LogP contribution is 1.95. The lowest BCUT2D eigenvalue weighted by Crippen LogP contribution is -2.41. The van der Waals surface area contributed by atoms with Gasteiger partial charge in [0.25, 0.3) is 10.2 Å². The van der Waals surface area contributed by atoms with Crippen LogP contribution in [0.5, 0.6) is 0 Å². The first-order valence-corrected chi connectivity index (χ1v) is 6.41. The Morgan fingerprint density at radius 2 is 1.71 bits per heavy atom. The van der Waals surface area contributed by atoms with Crippen molar-refractivity contribution in [2.24, 2.45) is 0 Å². The third-order valence-corrected chi connectivity index (χ3v) is 3.70. The smallest absolute Gasteiger partial charge is 0.279 e. The van der Waals surface area contributed by atoms with Crippen LogP contribution in [0.4, 0.5) is 0 Å². The van der Waals surface area contributed by atoms with Gasteiger partial charge in [-0.2, -0.15) is 12.7 Å². The lowest BCUT2D eigenvalue weighted by Gasteiger charge is -2.18. The second-order valence-electron chi connectivity index (χ2n) is 2.94. The summed E-state index contributed by atoms with van der Waals surface area (Å²) in [6.07, 6.45) is 0.803. The van der Waals surface area contributed by atoms with Gasteiger partial charge in [0.1, 0.15) is 0 Å². The highest BCUT2D eigenvalue weighted by atomic mass is 32.2. The lowest BCUT2D eigenvalue weighted by molar-refractivity contribution is 0.434. The van der Waals surface area contributed by atoms with Crippen LogP contribution < -0.4 is 10.0 Å². The number of hydrogen-bond donors (Lipinski definition) is 2. The Hall–Kier alpha value is -0.170. The van der Waals surface area contributed by atoms with Crippen LogP contribution in [0.1, 0.15) is 20.3 Å². The number of rotatable bonds is 8. The monoisotopic (exact) mass is 223 g/mol. The van der Waals surface area contributed by atoms with E-state index in [-0.39, 0.29) is 0 Å². The molecule has 0 aliphatic carbocycles. The van der Waals surface area contributed by atoms with E-state index in [1.54, 1.807) is 0 Å². The molecular formula is C8H21N3O2S. The van der Waals surface area contributed by atoms with E-state index < -0.39 is 10.2 Å². The lowest BCUT2D eigenvalue weighted by atomic mass is 10.4. The summed E-state index contributed by atoms with van der Waals surface area (Å²) in [4.78, 5) is 0. The minimum Gasteiger partial charge on any atom is -0.320 e. The van der Waals surface area contributed by atoms with Crippen molar-refractivity contribution in [1.29, 1.82) is 0 Å². The molecule has 0 spiro atoms. The van der Waals surface area contributed by atoms with E-state index in [1.165, 1.54) is 4.31 Å². The van der Waals surface area contributed by atoms with Crippen molar-refractivity contribution in [3.05, 3.63) is 0 Å². The molecule has 86 valence electrons. The summed E-state index contributed by atoms with van der Waals surface area (Å²) in [6.45, 7) is 5.99. The maximum absolute atomic E-state index is 11.6. The quantitative estimate of drug-likeness (QED) is 0.559. The first-order chi connectivity index (χ1) is 6.58. The molecule has 0 radical (unpaired) electrons. The van der Waals surface area contributed by atoms with Crippen LogP contribution in [0.25, 0.3) is 0 Å². The summed E-state index contributed by atoms with van der Waals surface area (Å²) >= 11 is 0. The molecule has 0 atom stereocenters. The first-order valence-electron chi connectivity index (χ1n) is 4.97. The van der Waals surface area contributed by atoms with Crippen molar-refractivity contribution >= 4 is 10.2 Å². The highest BCUT2D eigenvalue weighted by molar-refractivity contribution is 7.87. The van der Waals surface area contributed by atoms with Gasteiger partial charge in [0.05, 0.1) is 0 Å². The highest BCUT2D eigenvalue weighted by Gasteiger charge is 2.16. The maximum atomic E-state index is 11.6. The van der Waals surface area contributed by atoms with Crippen LogP contribution in [0.15, 0.2) is 0 Å². The van der Waals surface area contributed by atoms with Gasteiger partial charge in [0.2, 0.25) is 0 Å². The topological polar surface area (TPSA) is 61.4 Å². The molecule has 0 heterocycles. The van der Waals surface area contributed by atoms with E-state index >= 15 is 0 Å². The molecule has 0 fully saturated rings. The molecule has 14 heavy (non-hydrogen) atoms. The summed E-state index contributed by atoms with van der Waals surface area (Å²) in [6, 6.07) is 0. The molecule has 2 N–H and O–H groups in total. The molecule has 0 aromatic heterocycles. The van der Waals surface area contributed by atoms with Gasteiger partial charge in [-0.05, 0) is 20.0 Å². The van der Waals surface area contributed by atoms with Crippen molar-refractivity contribution in [3.63, 3.8) is 0 Å². The summed E-state index contributed by atoms with van der Waals surface area (Å²) < 4.78 is 27.1. The second-order valence-corrected chi connectivity index (χ2v) is 4.70. The molecule has 5 nitrogen and oxygen atoms in total. The molecule has 0 saturated heterocycles. The Balaban J connectivity index is 3.94. The molecule has 0 unspecified atom stereocenters. The van der Waals surface area contributed by atoms with Crippen LogP contribution in [0, 0.1) is 0 Å². The Kier molecular flexibility index (Phi) is 7.08. The summed E-state index contributed by atoms with van der Waals surface area (Å²) in [5, 5.41) is 2.96. The Morgan fingerprint density at radius 3 is 2.14 bits per heavy atom. The molecule has 0 rings (SSSR count). The third-order valence-electron chi connectivity index (χ3n) is 1.93. The van der Waals surface area contributed by atoms with Crippen LogP contribution >= 0.6 is 0 Å². The molecule has 0 saturated carbocycles. The van der Waals surface area contributed by atoms with Crippen molar-refractivity contribution in [3.8, 4) is 0 Å². The predicted octanol–water partition coefficient (Wildman–Crippen LogP) is -0.228. The molecule has 0 aromatic carbocycles. The van der Waals surface area contributed by atoms with Crippen LogP contribution in [-0.4, -0.2) is 45.9 Å². The molecule has 0 aromatic rings. The maximum Gasteiger partial charge on any atom is 0.279 e. The zero-order chi connectivity index (χ0) is 11.0. The van der Waals surface area contributed by atoms with Crippen molar-refractivity contribution in [2.45, 2.75) is 20.3 Å². The molecule has 6 heteroatoms. The fourth-order valence-electron chi connectivity index (χ4n) is 1.12. The fourth-order valence-corrected chi connectivity index (χ4v) is 2.39. The van der Waals surface area contributed by atoms with Crippen LogP contribution in [-0.2, 0) is 10.2 Å². The van der Waals surface area contributed by atoms with Gasteiger partial charge in [-0.3, -0.25) is 0 Å². The third kappa shape index (κ3) is 4.90. The van der Waals surface area contributed by atoms with Gasteiger partial charge in [-0.25, -0.2) is 4.72 Å². The van der Waals surface area contributed by atoms with Gasteiger partial charge in [0, 0.05) is 19.6 Å². The van der Waals surface area contributed by atoms with Crippen molar-refractivity contribution in [2.75, 3.05) is 33.2 Å². The van der Waals surface area contributed by atoms with Gasteiger partial charge in [-0.15, -0.1) is 0 Å². The van der Waals surface area contributed by atoms with Crippen molar-refractivity contribution < 1.29 is 8.42 Å². The second kappa shape index (κ2) is 7.17. The molecule has 0 bridgehead atoms. The first kappa shape index (κ1) is 13.8. The largest absolute Gasteiger partial charge is 0.320 e. The minimum atomic E-state index is -3.25. The summed E-state index contributed by atoms with van der Waals surface area (Å²) in [5.74, 6) is 0. The fraction of sp³-hybridized carbons (Fsp3) is 1.00. The molecular weight excluding hydrogens is 202 g/mol. The van der Waals surface area contributed by atoms with Gasteiger partial charge in [0.15, 0.2) is 0 Å². The minimum absolute atomic E-state index is 0.486. The Morgan fingerprint density at radius 1 is 1.14 bits per heavy atom. The van der Waals surface area contributed by atoms with Crippen LogP contribution in [0.3, 0.4) is 0 Å². The number of nitrogens with one attached hydrogen (secondary N) is 2. The molecule has 0 aliphatic heterocycles. The zero-order valence-corrected chi connectivity index (χ0v) is 10.0. The SMILES string of the molecule is CCN(CC)S(=O)(=O)NCCCNC. The van der Waals surface area contributed by atoms with E-state index in [0.29, 0.717) is 19.6 Å². The summed E-state index contributed by atoms with van der Waals surface area (Å²) in [5.41, 5.74) is 0. The van der Waals surface area contributed by atoms with Gasteiger partial charge >= 0.3 is 0 Å². The normalized spacial score (nSPS) is 12.3. The van der Waals surface area contributed by atoms with Crippen LogP contribution in [0.2, 0.25) is 0 Å². The summed E-state index contributed by atoms with van der Waals surface area (Å²) in [7, 11) is -1.40. The van der Waals surface area contributed by atoms with Gasteiger partial charge < -0.3 is 5.32 Å². The predicted molar refractivity (Wildman–Crippen MR) is 58.4 cm³/mol. The number of hydrogen-bond acceptors (Lipinski definition) is 3. The molecule has 0 amide bonds. The Labute approximate surface area is 87.0 Å². The average Bonchev–Trinajstić information content (AvgIpc) is 2.14. The van der Waals surface area contributed by atoms with Gasteiger partial charge in [-0.1, -0.05) is 13.8 Å². The van der Waals surface area contributed by atoms with E-state index in [9.17, 15) is 8.42 Å². The van der Waals surface area contributed by atoms with E-state index in [2.05, 4.69) is 10.0 Å². The number of nitrogens with zero attached hydrogens (tertiary/aromatic N) is 1. The average molecular weight is 223 g/mol.